The molecule has 23 heavy (non-hydrogen) atoms. The molecule has 4 aliphatic rings. The maximum absolute atomic E-state index is 11.9. The maximum Gasteiger partial charge on any atom is 0.133 e. The third kappa shape index (κ3) is 2.08. The van der Waals surface area contributed by atoms with Crippen LogP contribution in [0.2, 0.25) is 0 Å². The summed E-state index contributed by atoms with van der Waals surface area (Å²) in [6, 6.07) is 2.30. The molecule has 4 fully saturated rings. The highest BCUT2D eigenvalue weighted by Crippen LogP contribution is 2.67. The number of nitriles is 1. The van der Waals surface area contributed by atoms with Crippen LogP contribution < -0.4 is 0 Å². The molecule has 124 valence electrons. The van der Waals surface area contributed by atoms with Crippen LogP contribution in [0.3, 0.4) is 0 Å². The van der Waals surface area contributed by atoms with E-state index in [2.05, 4.69) is 19.9 Å². The Hall–Kier alpha value is -1.10. The summed E-state index contributed by atoms with van der Waals surface area (Å²) in [6.45, 7) is 4.94. The summed E-state index contributed by atoms with van der Waals surface area (Å²) < 4.78 is 0. The Kier molecular flexibility index (Phi) is 3.49. The van der Waals surface area contributed by atoms with E-state index in [4.69, 9.17) is 5.26 Å². The molecule has 0 spiro atoms. The topological polar surface area (TPSA) is 40.9 Å². The number of allylic oxidation sites excluding steroid dienone is 2. The first-order valence-electron chi connectivity index (χ1n) is 9.60. The molecule has 0 unspecified atom stereocenters. The van der Waals surface area contributed by atoms with Crippen LogP contribution in [0.1, 0.15) is 71.6 Å². The van der Waals surface area contributed by atoms with Crippen LogP contribution in [0.15, 0.2) is 11.6 Å². The summed E-state index contributed by atoms with van der Waals surface area (Å²) in [4.78, 5) is 11.9. The minimum absolute atomic E-state index is 0.282. The number of hydrogen-bond donors (Lipinski definition) is 0. The van der Waals surface area contributed by atoms with Crippen LogP contribution in [-0.4, -0.2) is 5.78 Å². The molecule has 2 heteroatoms. The molecule has 0 aromatic heterocycles. The molecule has 0 saturated heterocycles. The third-order valence-corrected chi connectivity index (χ3v) is 8.57. The molecule has 4 saturated carbocycles. The second-order valence-corrected chi connectivity index (χ2v) is 9.19. The van der Waals surface area contributed by atoms with Gasteiger partial charge in [-0.05, 0) is 79.4 Å². The van der Waals surface area contributed by atoms with E-state index in [1.54, 1.807) is 0 Å². The number of carbonyl (C=O) groups is 1. The fraction of sp³-hybridized carbons (Fsp3) is 0.810. The molecule has 0 amide bonds. The zero-order valence-corrected chi connectivity index (χ0v) is 14.6. The van der Waals surface area contributed by atoms with Gasteiger partial charge in [0.1, 0.15) is 5.78 Å². The highest BCUT2D eigenvalue weighted by atomic mass is 16.1. The van der Waals surface area contributed by atoms with Gasteiger partial charge in [0, 0.05) is 18.9 Å². The van der Waals surface area contributed by atoms with E-state index in [1.807, 2.05) is 6.08 Å². The van der Waals surface area contributed by atoms with E-state index in [0.717, 1.165) is 43.4 Å². The van der Waals surface area contributed by atoms with Crippen LogP contribution in [0.25, 0.3) is 0 Å². The van der Waals surface area contributed by atoms with E-state index in [-0.39, 0.29) is 5.41 Å². The van der Waals surface area contributed by atoms with Crippen molar-refractivity contribution in [3.8, 4) is 6.07 Å². The molecule has 0 aromatic rings. The number of carbonyl (C=O) groups excluding carboxylic acids is 1. The largest absolute Gasteiger partial charge is 0.300 e. The number of ketones is 1. The molecule has 2 nitrogen and oxygen atoms in total. The zero-order chi connectivity index (χ0) is 16.2. The van der Waals surface area contributed by atoms with Gasteiger partial charge < -0.3 is 0 Å². The summed E-state index contributed by atoms with van der Waals surface area (Å²) in [7, 11) is 0. The summed E-state index contributed by atoms with van der Waals surface area (Å²) in [6.07, 6.45) is 12.2. The molecule has 0 radical (unpaired) electrons. The molecular formula is C21H29NO. The average Bonchev–Trinajstić information content (AvgIpc) is 2.85. The lowest BCUT2D eigenvalue weighted by molar-refractivity contribution is -0.136. The quantitative estimate of drug-likeness (QED) is 0.587. The highest BCUT2D eigenvalue weighted by Gasteiger charge is 2.58. The van der Waals surface area contributed by atoms with E-state index in [1.165, 1.54) is 37.7 Å². The smallest absolute Gasteiger partial charge is 0.133 e. The first kappa shape index (κ1) is 15.4. The lowest BCUT2D eigenvalue weighted by atomic mass is 9.45. The van der Waals surface area contributed by atoms with Gasteiger partial charge in [0.05, 0.1) is 6.07 Å². The van der Waals surface area contributed by atoms with Crippen molar-refractivity contribution in [2.45, 2.75) is 71.6 Å². The SMILES string of the molecule is C[C@]12CCC(=O)C[C@H]1CC[C@@H]1[C@@H]2CC[C@]2(C)/C(=C\C#N)CC[C@@H]12. The third-order valence-electron chi connectivity index (χ3n) is 8.57. The molecular weight excluding hydrogens is 282 g/mol. The lowest BCUT2D eigenvalue weighted by Crippen LogP contribution is -2.52. The maximum atomic E-state index is 11.9. The van der Waals surface area contributed by atoms with E-state index >= 15 is 0 Å². The Morgan fingerprint density at radius 2 is 1.91 bits per heavy atom. The van der Waals surface area contributed by atoms with Crippen LogP contribution >= 0.6 is 0 Å². The van der Waals surface area contributed by atoms with Crippen molar-refractivity contribution in [3.05, 3.63) is 11.6 Å². The zero-order valence-electron chi connectivity index (χ0n) is 14.6. The van der Waals surface area contributed by atoms with E-state index in [9.17, 15) is 4.79 Å². The van der Waals surface area contributed by atoms with Crippen LogP contribution in [0.5, 0.6) is 0 Å². The molecule has 0 N–H and O–H groups in total. The van der Waals surface area contributed by atoms with Crippen molar-refractivity contribution in [1.82, 2.24) is 0 Å². The van der Waals surface area contributed by atoms with Gasteiger partial charge in [-0.2, -0.15) is 5.26 Å². The minimum atomic E-state index is 0.282. The number of hydrogen-bond acceptors (Lipinski definition) is 2. The van der Waals surface area contributed by atoms with Gasteiger partial charge in [0.15, 0.2) is 0 Å². The Labute approximate surface area is 140 Å². The summed E-state index contributed by atoms with van der Waals surface area (Å²) in [5.74, 6) is 3.56. The van der Waals surface area contributed by atoms with Crippen LogP contribution in [0, 0.1) is 45.8 Å². The van der Waals surface area contributed by atoms with Gasteiger partial charge >= 0.3 is 0 Å². The van der Waals surface area contributed by atoms with Crippen molar-refractivity contribution in [2.75, 3.05) is 0 Å². The van der Waals surface area contributed by atoms with Crippen LogP contribution in [-0.2, 0) is 4.79 Å². The van der Waals surface area contributed by atoms with Gasteiger partial charge in [0.25, 0.3) is 0 Å². The van der Waals surface area contributed by atoms with E-state index in [0.29, 0.717) is 17.1 Å². The molecule has 0 aromatic carbocycles. The summed E-state index contributed by atoms with van der Waals surface area (Å²) in [5.41, 5.74) is 2.11. The molecule has 4 rings (SSSR count). The number of rotatable bonds is 0. The fourth-order valence-electron chi connectivity index (χ4n) is 7.21. The molecule has 4 aliphatic carbocycles. The first-order chi connectivity index (χ1) is 11.0. The minimum Gasteiger partial charge on any atom is -0.300 e. The van der Waals surface area contributed by atoms with Crippen molar-refractivity contribution in [1.29, 1.82) is 5.26 Å². The predicted molar refractivity (Wildman–Crippen MR) is 90.4 cm³/mol. The first-order valence-corrected chi connectivity index (χ1v) is 9.60. The average molecular weight is 311 g/mol. The molecule has 6 atom stereocenters. The number of nitrogens with zero attached hydrogens (tertiary/aromatic N) is 1. The fourth-order valence-corrected chi connectivity index (χ4v) is 7.21. The molecule has 0 aliphatic heterocycles. The van der Waals surface area contributed by atoms with Crippen molar-refractivity contribution in [2.24, 2.45) is 34.5 Å². The molecule has 0 bridgehead atoms. The second-order valence-electron chi connectivity index (χ2n) is 9.19. The normalized spacial score (nSPS) is 50.8. The van der Waals surface area contributed by atoms with Gasteiger partial charge in [-0.1, -0.05) is 19.4 Å². The van der Waals surface area contributed by atoms with Gasteiger partial charge in [0.2, 0.25) is 0 Å². The number of fused-ring (bicyclic) bond motifs is 5. The standard InChI is InChI=1S/C21H29NO/c1-20-11-8-19-17(18(20)6-4-14(20)9-12-22)5-3-15-13-16(23)7-10-21(15,19)2/h9,15,17-19H,3-8,10-11,13H2,1-2H3/b14-9-/t15-,17+,18+,19+,20-,21+/m1/s1. The van der Waals surface area contributed by atoms with Crippen LogP contribution in [0.4, 0.5) is 0 Å². The highest BCUT2D eigenvalue weighted by molar-refractivity contribution is 5.79. The van der Waals surface area contributed by atoms with Gasteiger partial charge in [-0.3, -0.25) is 4.79 Å². The van der Waals surface area contributed by atoms with Crippen molar-refractivity contribution in [3.63, 3.8) is 0 Å². The Balaban J connectivity index is 1.64. The Morgan fingerprint density at radius 1 is 1.09 bits per heavy atom. The summed E-state index contributed by atoms with van der Waals surface area (Å²) in [5, 5.41) is 9.13. The van der Waals surface area contributed by atoms with E-state index < -0.39 is 0 Å². The van der Waals surface area contributed by atoms with Crippen molar-refractivity contribution < 1.29 is 4.79 Å². The monoisotopic (exact) mass is 311 g/mol. The summed E-state index contributed by atoms with van der Waals surface area (Å²) >= 11 is 0. The predicted octanol–water partition coefficient (Wildman–Crippen LogP) is 5.05. The van der Waals surface area contributed by atoms with Gasteiger partial charge in [-0.15, -0.1) is 0 Å². The Bertz CT molecular complexity index is 599. The molecule has 0 heterocycles. The second kappa shape index (κ2) is 5.20. The van der Waals surface area contributed by atoms with Crippen molar-refractivity contribution >= 4 is 5.78 Å². The Morgan fingerprint density at radius 3 is 2.70 bits per heavy atom. The lowest BCUT2D eigenvalue weighted by Gasteiger charge is -2.59. The number of Topliss-reactive ketones (excluding diaryl/α,β-unsaturated/α-hetero) is 1. The van der Waals surface area contributed by atoms with Gasteiger partial charge in [-0.25, -0.2) is 0 Å².